The maximum Gasteiger partial charge on any atom is 0.194 e. The highest BCUT2D eigenvalue weighted by Crippen LogP contribution is 2.43. The Bertz CT molecular complexity index is 651. The van der Waals surface area contributed by atoms with Crippen molar-refractivity contribution in [1.82, 2.24) is 0 Å². The summed E-state index contributed by atoms with van der Waals surface area (Å²) in [4.78, 5) is 12.3. The third-order valence-corrected chi connectivity index (χ3v) is 3.54. The van der Waals surface area contributed by atoms with Crippen molar-refractivity contribution in [1.29, 1.82) is 0 Å². The van der Waals surface area contributed by atoms with E-state index in [1.54, 1.807) is 26.4 Å². The molecule has 4 heteroatoms. The van der Waals surface area contributed by atoms with Gasteiger partial charge in [-0.2, -0.15) is 0 Å². The van der Waals surface area contributed by atoms with Crippen molar-refractivity contribution in [2.24, 2.45) is 0 Å². The summed E-state index contributed by atoms with van der Waals surface area (Å²) >= 11 is 0. The number of ketones is 1. The standard InChI is InChI=1S/C17H16O4/c1-19-13-9-8-12(10-14(13)20-2)16-17(21-16)15(18)11-6-4-3-5-7-11/h3-10,16-17H,1-2H3/t16-,17+/m1/s1. The molecule has 0 unspecified atom stereocenters. The number of rotatable bonds is 5. The van der Waals surface area contributed by atoms with E-state index in [4.69, 9.17) is 14.2 Å². The Hall–Kier alpha value is -2.33. The van der Waals surface area contributed by atoms with Crippen molar-refractivity contribution < 1.29 is 19.0 Å². The van der Waals surface area contributed by atoms with Crippen LogP contribution >= 0.6 is 0 Å². The van der Waals surface area contributed by atoms with E-state index in [0.29, 0.717) is 17.1 Å². The van der Waals surface area contributed by atoms with Crippen LogP contribution in [-0.4, -0.2) is 26.1 Å². The zero-order chi connectivity index (χ0) is 14.8. The van der Waals surface area contributed by atoms with Crippen LogP contribution in [0.3, 0.4) is 0 Å². The number of carbonyl (C=O) groups excluding carboxylic acids is 1. The molecule has 0 saturated carbocycles. The highest BCUT2D eigenvalue weighted by Gasteiger charge is 2.46. The van der Waals surface area contributed by atoms with Gasteiger partial charge in [-0.05, 0) is 17.7 Å². The number of carbonyl (C=O) groups is 1. The Morgan fingerprint density at radius 1 is 1.00 bits per heavy atom. The summed E-state index contributed by atoms with van der Waals surface area (Å²) < 4.78 is 16.0. The molecule has 1 aliphatic rings. The van der Waals surface area contributed by atoms with E-state index in [1.807, 2.05) is 36.4 Å². The van der Waals surface area contributed by atoms with Crippen LogP contribution in [0, 0.1) is 0 Å². The number of hydrogen-bond donors (Lipinski definition) is 0. The van der Waals surface area contributed by atoms with E-state index in [9.17, 15) is 4.79 Å². The molecule has 0 amide bonds. The lowest BCUT2D eigenvalue weighted by Crippen LogP contribution is -2.07. The molecule has 1 aliphatic heterocycles. The lowest BCUT2D eigenvalue weighted by molar-refractivity contribution is 0.0953. The quantitative estimate of drug-likeness (QED) is 0.625. The molecular weight excluding hydrogens is 268 g/mol. The average Bonchev–Trinajstić information content (AvgIpc) is 3.35. The SMILES string of the molecule is COc1ccc([C@H]2O[C@H]2C(=O)c2ccccc2)cc1OC. The summed E-state index contributed by atoms with van der Waals surface area (Å²) in [7, 11) is 3.18. The molecule has 0 aliphatic carbocycles. The van der Waals surface area contributed by atoms with Crippen LogP contribution in [0.4, 0.5) is 0 Å². The van der Waals surface area contributed by atoms with E-state index in [-0.39, 0.29) is 11.9 Å². The van der Waals surface area contributed by atoms with Crippen molar-refractivity contribution in [2.75, 3.05) is 14.2 Å². The number of Topliss-reactive ketones (excluding diaryl/α,β-unsaturated/α-hetero) is 1. The highest BCUT2D eigenvalue weighted by molar-refractivity contribution is 6.01. The summed E-state index contributed by atoms with van der Waals surface area (Å²) in [5.74, 6) is 1.31. The molecule has 108 valence electrons. The summed E-state index contributed by atoms with van der Waals surface area (Å²) in [5.41, 5.74) is 1.59. The first-order chi connectivity index (χ1) is 10.2. The second kappa shape index (κ2) is 5.58. The van der Waals surface area contributed by atoms with E-state index in [0.717, 1.165) is 5.56 Å². The van der Waals surface area contributed by atoms with Crippen LogP contribution in [0.5, 0.6) is 11.5 Å². The molecule has 21 heavy (non-hydrogen) atoms. The molecule has 3 rings (SSSR count). The van der Waals surface area contributed by atoms with Crippen LogP contribution in [0.1, 0.15) is 22.0 Å². The van der Waals surface area contributed by atoms with Gasteiger partial charge in [-0.1, -0.05) is 36.4 Å². The fraction of sp³-hybridized carbons (Fsp3) is 0.235. The van der Waals surface area contributed by atoms with Crippen LogP contribution in [-0.2, 0) is 4.74 Å². The minimum Gasteiger partial charge on any atom is -0.493 e. The maximum atomic E-state index is 12.3. The molecule has 2 aromatic carbocycles. The topological polar surface area (TPSA) is 48.1 Å². The summed E-state index contributed by atoms with van der Waals surface area (Å²) in [6.45, 7) is 0. The molecule has 0 bridgehead atoms. The third-order valence-electron chi connectivity index (χ3n) is 3.54. The van der Waals surface area contributed by atoms with Crippen molar-refractivity contribution in [3.05, 3.63) is 59.7 Å². The molecule has 2 atom stereocenters. The van der Waals surface area contributed by atoms with Crippen molar-refractivity contribution in [2.45, 2.75) is 12.2 Å². The zero-order valence-electron chi connectivity index (χ0n) is 11.9. The van der Waals surface area contributed by atoms with E-state index in [1.165, 1.54) is 0 Å². The normalized spacial score (nSPS) is 19.9. The fourth-order valence-corrected chi connectivity index (χ4v) is 2.36. The first-order valence-electron chi connectivity index (χ1n) is 6.71. The lowest BCUT2D eigenvalue weighted by Gasteiger charge is -2.08. The number of methoxy groups -OCH3 is 2. The highest BCUT2D eigenvalue weighted by atomic mass is 16.6. The first-order valence-corrected chi connectivity index (χ1v) is 6.71. The number of benzene rings is 2. The second-order valence-electron chi connectivity index (χ2n) is 4.82. The van der Waals surface area contributed by atoms with Gasteiger partial charge in [0.15, 0.2) is 23.4 Å². The minimum atomic E-state index is -0.412. The van der Waals surface area contributed by atoms with Gasteiger partial charge in [-0.15, -0.1) is 0 Å². The Balaban J connectivity index is 1.77. The summed E-state index contributed by atoms with van der Waals surface area (Å²) in [6, 6.07) is 14.7. The molecule has 2 aromatic rings. The van der Waals surface area contributed by atoms with Gasteiger partial charge < -0.3 is 14.2 Å². The average molecular weight is 284 g/mol. The summed E-state index contributed by atoms with van der Waals surface area (Å²) in [6.07, 6.45) is -0.622. The van der Waals surface area contributed by atoms with Crippen LogP contribution in [0.25, 0.3) is 0 Å². The van der Waals surface area contributed by atoms with Crippen molar-refractivity contribution >= 4 is 5.78 Å². The molecule has 1 fully saturated rings. The molecule has 1 heterocycles. The van der Waals surface area contributed by atoms with Crippen LogP contribution < -0.4 is 9.47 Å². The predicted octanol–water partition coefficient (Wildman–Crippen LogP) is 3.03. The fourth-order valence-electron chi connectivity index (χ4n) is 2.36. The molecular formula is C17H16O4. The Kier molecular flexibility index (Phi) is 3.62. The number of ether oxygens (including phenoxy) is 3. The second-order valence-corrected chi connectivity index (χ2v) is 4.82. The van der Waals surface area contributed by atoms with Gasteiger partial charge in [-0.25, -0.2) is 0 Å². The zero-order valence-corrected chi connectivity index (χ0v) is 11.9. The van der Waals surface area contributed by atoms with Gasteiger partial charge in [0, 0.05) is 5.56 Å². The first kappa shape index (κ1) is 13.6. The van der Waals surface area contributed by atoms with Gasteiger partial charge in [0.2, 0.25) is 0 Å². The molecule has 0 N–H and O–H groups in total. The van der Waals surface area contributed by atoms with Crippen LogP contribution in [0.2, 0.25) is 0 Å². The monoisotopic (exact) mass is 284 g/mol. The van der Waals surface area contributed by atoms with E-state index >= 15 is 0 Å². The molecule has 0 spiro atoms. The number of epoxide rings is 1. The summed E-state index contributed by atoms with van der Waals surface area (Å²) in [5, 5.41) is 0. The van der Waals surface area contributed by atoms with Gasteiger partial charge >= 0.3 is 0 Å². The number of hydrogen-bond acceptors (Lipinski definition) is 4. The van der Waals surface area contributed by atoms with E-state index < -0.39 is 6.10 Å². The third kappa shape index (κ3) is 2.62. The lowest BCUT2D eigenvalue weighted by atomic mass is 10.0. The Morgan fingerprint density at radius 2 is 1.71 bits per heavy atom. The Labute approximate surface area is 123 Å². The maximum absolute atomic E-state index is 12.3. The molecule has 0 aromatic heterocycles. The predicted molar refractivity (Wildman–Crippen MR) is 77.9 cm³/mol. The smallest absolute Gasteiger partial charge is 0.194 e. The van der Waals surface area contributed by atoms with Gasteiger partial charge in [0.05, 0.1) is 14.2 Å². The minimum absolute atomic E-state index is 0.00962. The van der Waals surface area contributed by atoms with Crippen molar-refractivity contribution in [3.63, 3.8) is 0 Å². The van der Waals surface area contributed by atoms with Gasteiger partial charge in [0.1, 0.15) is 6.10 Å². The van der Waals surface area contributed by atoms with Crippen molar-refractivity contribution in [3.8, 4) is 11.5 Å². The largest absolute Gasteiger partial charge is 0.493 e. The molecule has 0 radical (unpaired) electrons. The van der Waals surface area contributed by atoms with Crippen LogP contribution in [0.15, 0.2) is 48.5 Å². The van der Waals surface area contributed by atoms with E-state index in [2.05, 4.69) is 0 Å². The molecule has 4 nitrogen and oxygen atoms in total. The molecule has 1 saturated heterocycles. The van der Waals surface area contributed by atoms with Gasteiger partial charge in [0.25, 0.3) is 0 Å². The Morgan fingerprint density at radius 3 is 2.38 bits per heavy atom. The van der Waals surface area contributed by atoms with Gasteiger partial charge in [-0.3, -0.25) is 4.79 Å².